The number of benzene rings is 2. The third kappa shape index (κ3) is 3.75. The molecule has 0 radical (unpaired) electrons. The summed E-state index contributed by atoms with van der Waals surface area (Å²) in [5, 5.41) is 10.3. The number of methoxy groups -OCH3 is 1. The lowest BCUT2D eigenvalue weighted by atomic mass is 9.79. The van der Waals surface area contributed by atoms with E-state index < -0.39 is 5.97 Å². The molecule has 5 nitrogen and oxygen atoms in total. The molecule has 2 aromatic carbocycles. The van der Waals surface area contributed by atoms with Gasteiger partial charge in [-0.3, -0.25) is 0 Å². The second-order valence-corrected chi connectivity index (χ2v) is 7.97. The quantitative estimate of drug-likeness (QED) is 0.624. The molecule has 1 fully saturated rings. The second-order valence-electron chi connectivity index (χ2n) is 7.97. The zero-order valence-electron chi connectivity index (χ0n) is 17.1. The molecule has 5 heteroatoms. The number of nitrogens with one attached hydrogen (secondary N) is 1. The summed E-state index contributed by atoms with van der Waals surface area (Å²) in [6.45, 7) is 4.19. The van der Waals surface area contributed by atoms with E-state index in [1.54, 1.807) is 19.2 Å². The van der Waals surface area contributed by atoms with Crippen LogP contribution in [0.1, 0.15) is 52.2 Å². The molecule has 3 atom stereocenters. The van der Waals surface area contributed by atoms with Crippen molar-refractivity contribution in [1.29, 1.82) is 0 Å². The molecule has 0 saturated heterocycles. The number of fused-ring (bicyclic) bond motifs is 1. The number of carbonyl (C=O) groups is 1. The molecule has 1 aromatic heterocycles. The zero-order valence-corrected chi connectivity index (χ0v) is 17.1. The Morgan fingerprint density at radius 3 is 2.55 bits per heavy atom. The minimum Gasteiger partial charge on any atom is -0.489 e. The van der Waals surface area contributed by atoms with Gasteiger partial charge in [0.1, 0.15) is 11.9 Å². The molecule has 2 unspecified atom stereocenters. The first kappa shape index (κ1) is 19.5. The van der Waals surface area contributed by atoms with E-state index in [1.807, 2.05) is 18.3 Å². The van der Waals surface area contributed by atoms with Crippen molar-refractivity contribution in [3.05, 3.63) is 64.8 Å². The van der Waals surface area contributed by atoms with Crippen LogP contribution in [0.5, 0.6) is 5.75 Å². The molecule has 1 heterocycles. The standard InChI is InChI=1S/C24H27NO4/c1-14-12-15(2)23(19-10-11-25-22(14)19)29-21-9-8-18(28-3)13-20(21)16-4-6-17(7-5-16)24(26)27/h4-7,10-12,18,20-21,25H,8-9,13H2,1-3H3,(H,26,27)/t18-,20?,21?/m1/s1. The smallest absolute Gasteiger partial charge is 0.335 e. The molecule has 0 aliphatic heterocycles. The van der Waals surface area contributed by atoms with Gasteiger partial charge in [-0.15, -0.1) is 0 Å². The maximum atomic E-state index is 11.2. The van der Waals surface area contributed by atoms with Crippen molar-refractivity contribution in [2.75, 3.05) is 7.11 Å². The Morgan fingerprint density at radius 2 is 1.86 bits per heavy atom. The van der Waals surface area contributed by atoms with Gasteiger partial charge in [-0.05, 0) is 68.0 Å². The molecule has 0 bridgehead atoms. The molecule has 1 aliphatic carbocycles. The Morgan fingerprint density at radius 1 is 1.10 bits per heavy atom. The Labute approximate surface area is 170 Å². The Kier molecular flexibility index (Phi) is 5.33. The average Bonchev–Trinajstić information content (AvgIpc) is 3.21. The van der Waals surface area contributed by atoms with E-state index in [4.69, 9.17) is 9.47 Å². The molecular formula is C24H27NO4. The Hall–Kier alpha value is -2.79. The molecule has 4 rings (SSSR count). The zero-order chi connectivity index (χ0) is 20.5. The lowest BCUT2D eigenvalue weighted by molar-refractivity contribution is 0.0193. The maximum Gasteiger partial charge on any atom is 0.335 e. The van der Waals surface area contributed by atoms with Gasteiger partial charge < -0.3 is 19.6 Å². The van der Waals surface area contributed by atoms with Crippen LogP contribution in [-0.2, 0) is 4.74 Å². The van der Waals surface area contributed by atoms with Crippen molar-refractivity contribution in [3.63, 3.8) is 0 Å². The predicted octanol–water partition coefficient (Wildman–Crippen LogP) is 5.21. The number of carboxylic acids is 1. The molecule has 3 aromatic rings. The van der Waals surface area contributed by atoms with Gasteiger partial charge in [0.25, 0.3) is 0 Å². The topological polar surface area (TPSA) is 71.5 Å². The highest BCUT2D eigenvalue weighted by atomic mass is 16.5. The van der Waals surface area contributed by atoms with Crippen molar-refractivity contribution < 1.29 is 19.4 Å². The van der Waals surface area contributed by atoms with Crippen molar-refractivity contribution in [3.8, 4) is 5.75 Å². The van der Waals surface area contributed by atoms with E-state index >= 15 is 0 Å². The summed E-state index contributed by atoms with van der Waals surface area (Å²) in [4.78, 5) is 14.5. The number of rotatable bonds is 5. The summed E-state index contributed by atoms with van der Waals surface area (Å²) in [5.41, 5.74) is 4.84. The second kappa shape index (κ2) is 7.91. The summed E-state index contributed by atoms with van der Waals surface area (Å²) >= 11 is 0. The number of carboxylic acid groups (broad SMARTS) is 1. The molecule has 1 saturated carbocycles. The van der Waals surface area contributed by atoms with Crippen LogP contribution >= 0.6 is 0 Å². The largest absolute Gasteiger partial charge is 0.489 e. The van der Waals surface area contributed by atoms with E-state index in [2.05, 4.69) is 31.0 Å². The van der Waals surface area contributed by atoms with Gasteiger partial charge in [0.15, 0.2) is 0 Å². The third-order valence-corrected chi connectivity index (χ3v) is 6.10. The summed E-state index contributed by atoms with van der Waals surface area (Å²) in [6, 6.07) is 11.4. The van der Waals surface area contributed by atoms with E-state index in [0.717, 1.165) is 47.0 Å². The molecule has 0 spiro atoms. The molecule has 29 heavy (non-hydrogen) atoms. The monoisotopic (exact) mass is 393 g/mol. The lowest BCUT2D eigenvalue weighted by Gasteiger charge is -2.36. The highest BCUT2D eigenvalue weighted by Gasteiger charge is 2.34. The summed E-state index contributed by atoms with van der Waals surface area (Å²) in [5.74, 6) is 0.166. The fourth-order valence-electron chi connectivity index (χ4n) is 4.55. The van der Waals surface area contributed by atoms with Crippen LogP contribution in [0.15, 0.2) is 42.6 Å². The maximum absolute atomic E-state index is 11.2. The van der Waals surface area contributed by atoms with E-state index in [0.29, 0.717) is 5.56 Å². The fourth-order valence-corrected chi connectivity index (χ4v) is 4.55. The Bertz CT molecular complexity index is 1020. The Balaban J connectivity index is 1.68. The number of H-pyrrole nitrogens is 1. The van der Waals surface area contributed by atoms with Crippen LogP contribution in [0, 0.1) is 13.8 Å². The first-order chi connectivity index (χ1) is 14.0. The van der Waals surface area contributed by atoms with E-state index in [1.165, 1.54) is 5.56 Å². The first-order valence-electron chi connectivity index (χ1n) is 10.1. The average molecular weight is 393 g/mol. The number of aromatic amines is 1. The number of hydrogen-bond acceptors (Lipinski definition) is 3. The SMILES string of the molecule is CO[C@@H]1CCC(Oc2c(C)cc(C)c3[nH]ccc23)C(c2ccc(C(=O)O)cc2)C1. The van der Waals surface area contributed by atoms with Crippen molar-refractivity contribution in [2.24, 2.45) is 0 Å². The third-order valence-electron chi connectivity index (χ3n) is 6.10. The summed E-state index contributed by atoms with van der Waals surface area (Å²) in [6.07, 6.45) is 4.85. The molecular weight excluding hydrogens is 366 g/mol. The van der Waals surface area contributed by atoms with Gasteiger partial charge in [0.2, 0.25) is 0 Å². The van der Waals surface area contributed by atoms with Crippen molar-refractivity contribution >= 4 is 16.9 Å². The van der Waals surface area contributed by atoms with Crippen LogP contribution in [-0.4, -0.2) is 35.4 Å². The fraction of sp³-hybridized carbons (Fsp3) is 0.375. The van der Waals surface area contributed by atoms with Crippen LogP contribution in [0.4, 0.5) is 0 Å². The van der Waals surface area contributed by atoms with Gasteiger partial charge in [-0.2, -0.15) is 0 Å². The van der Waals surface area contributed by atoms with Gasteiger partial charge >= 0.3 is 5.97 Å². The molecule has 0 amide bonds. The molecule has 1 aliphatic rings. The van der Waals surface area contributed by atoms with E-state index in [-0.39, 0.29) is 18.1 Å². The highest BCUT2D eigenvalue weighted by molar-refractivity contribution is 5.90. The van der Waals surface area contributed by atoms with Gasteiger partial charge in [-0.25, -0.2) is 4.79 Å². The normalized spacial score (nSPS) is 22.0. The predicted molar refractivity (Wildman–Crippen MR) is 113 cm³/mol. The van der Waals surface area contributed by atoms with Crippen LogP contribution in [0.2, 0.25) is 0 Å². The van der Waals surface area contributed by atoms with Crippen molar-refractivity contribution in [2.45, 2.75) is 51.2 Å². The lowest BCUT2D eigenvalue weighted by Crippen LogP contribution is -2.35. The summed E-state index contributed by atoms with van der Waals surface area (Å²) < 4.78 is 12.3. The number of aryl methyl sites for hydroxylation is 2. The van der Waals surface area contributed by atoms with Gasteiger partial charge in [-0.1, -0.05) is 18.2 Å². The minimum atomic E-state index is -0.909. The number of aromatic nitrogens is 1. The van der Waals surface area contributed by atoms with Gasteiger partial charge in [0, 0.05) is 24.6 Å². The van der Waals surface area contributed by atoms with Gasteiger partial charge in [0.05, 0.1) is 17.2 Å². The molecule has 2 N–H and O–H groups in total. The van der Waals surface area contributed by atoms with Crippen LogP contribution in [0.25, 0.3) is 10.9 Å². The summed E-state index contributed by atoms with van der Waals surface area (Å²) in [7, 11) is 1.75. The highest BCUT2D eigenvalue weighted by Crippen LogP contribution is 2.40. The first-order valence-corrected chi connectivity index (χ1v) is 10.1. The van der Waals surface area contributed by atoms with E-state index in [9.17, 15) is 9.90 Å². The van der Waals surface area contributed by atoms with Crippen molar-refractivity contribution in [1.82, 2.24) is 4.98 Å². The molecule has 152 valence electrons. The van der Waals surface area contributed by atoms with Crippen LogP contribution < -0.4 is 4.74 Å². The van der Waals surface area contributed by atoms with Crippen LogP contribution in [0.3, 0.4) is 0 Å². The number of aromatic carboxylic acids is 1. The number of hydrogen-bond donors (Lipinski definition) is 2. The minimum absolute atomic E-state index is 0.0107. The number of ether oxygens (including phenoxy) is 2.